The topological polar surface area (TPSA) is 125 Å². The number of imidazole rings is 1. The molecule has 1 amide bonds. The Labute approximate surface area is 237 Å². The molecule has 0 bridgehead atoms. The second-order valence-electron chi connectivity index (χ2n) is 10.3. The minimum atomic E-state index is -1.02. The molecule has 0 radical (unpaired) electrons. The van der Waals surface area contributed by atoms with Crippen molar-refractivity contribution in [1.29, 1.82) is 0 Å². The molecule has 12 heteroatoms. The summed E-state index contributed by atoms with van der Waals surface area (Å²) in [4.78, 5) is 60.4. The van der Waals surface area contributed by atoms with Crippen molar-refractivity contribution in [2.45, 2.75) is 46.4 Å². The first-order valence-corrected chi connectivity index (χ1v) is 13.1. The van der Waals surface area contributed by atoms with Crippen LogP contribution < -0.4 is 10.5 Å². The van der Waals surface area contributed by atoms with E-state index in [1.165, 1.54) is 6.07 Å². The fourth-order valence-corrected chi connectivity index (χ4v) is 4.38. The van der Waals surface area contributed by atoms with Crippen molar-refractivity contribution in [2.24, 2.45) is 0 Å². The fraction of sp³-hybridized carbons (Fsp3) is 0.414. The average Bonchev–Trinajstić information content (AvgIpc) is 3.32. The zero-order chi connectivity index (χ0) is 29.7. The van der Waals surface area contributed by atoms with Gasteiger partial charge in [-0.15, -0.1) is 5.92 Å². The second kappa shape index (κ2) is 12.2. The van der Waals surface area contributed by atoms with Gasteiger partial charge in [0, 0.05) is 26.2 Å². The Balaban J connectivity index is 1.72. The van der Waals surface area contributed by atoms with E-state index < -0.39 is 29.3 Å². The van der Waals surface area contributed by atoms with E-state index in [9.17, 15) is 19.2 Å². The lowest BCUT2D eigenvalue weighted by atomic mass is 10.2. The summed E-state index contributed by atoms with van der Waals surface area (Å²) in [6, 6.07) is 10.3. The van der Waals surface area contributed by atoms with Gasteiger partial charge in [0.1, 0.15) is 23.4 Å². The standard InChI is InChI=1S/C29H33N5O7/c1-6-7-13-33-23-21(30-26(33)31-14-16-32(17-15-31)27(37)41-29(2,3)4)18-22(25(36)39-5)34(24(23)35)28(38)40-19-20-11-9-8-10-12-20/h8-12,18H,13-17,19H2,1-5H3. The van der Waals surface area contributed by atoms with Gasteiger partial charge in [-0.2, -0.15) is 0 Å². The van der Waals surface area contributed by atoms with Crippen molar-refractivity contribution in [3.63, 3.8) is 0 Å². The van der Waals surface area contributed by atoms with Gasteiger partial charge < -0.3 is 24.0 Å². The van der Waals surface area contributed by atoms with Crippen molar-refractivity contribution < 1.29 is 28.6 Å². The Bertz CT molecular complexity index is 1570. The molecule has 0 unspecified atom stereocenters. The number of pyridine rings is 1. The molecule has 1 fully saturated rings. The van der Waals surface area contributed by atoms with Crippen LogP contribution in [0.3, 0.4) is 0 Å². The van der Waals surface area contributed by atoms with Crippen LogP contribution in [-0.4, -0.2) is 76.1 Å². The molecule has 0 N–H and O–H groups in total. The summed E-state index contributed by atoms with van der Waals surface area (Å²) in [6.45, 7) is 8.70. The van der Waals surface area contributed by atoms with Crippen LogP contribution in [0.5, 0.6) is 0 Å². The summed E-state index contributed by atoms with van der Waals surface area (Å²) in [5.41, 5.74) is -0.710. The Morgan fingerprint density at radius 2 is 1.71 bits per heavy atom. The van der Waals surface area contributed by atoms with Crippen LogP contribution in [0.25, 0.3) is 11.0 Å². The molecular weight excluding hydrogens is 530 g/mol. The van der Waals surface area contributed by atoms with Gasteiger partial charge in [-0.05, 0) is 39.3 Å². The SMILES string of the molecule is CC#CCn1c(N2CCN(C(=O)OC(C)(C)C)CC2)nc2cc(C(=O)OC)n(C(=O)OCc3ccccc3)c(=O)c21. The minimum absolute atomic E-state index is 0.0848. The molecule has 3 aromatic rings. The smallest absolute Gasteiger partial charge is 0.422 e. The van der Waals surface area contributed by atoms with Crippen molar-refractivity contribution in [3.05, 3.63) is 58.0 Å². The fourth-order valence-electron chi connectivity index (χ4n) is 4.38. The first kappa shape index (κ1) is 29.2. The van der Waals surface area contributed by atoms with Gasteiger partial charge in [0.15, 0.2) is 0 Å². The number of anilines is 1. The number of fused-ring (bicyclic) bond motifs is 1. The molecular formula is C29H33N5O7. The number of rotatable bonds is 5. The van der Waals surface area contributed by atoms with E-state index in [1.54, 1.807) is 40.7 Å². The van der Waals surface area contributed by atoms with Gasteiger partial charge in [0.25, 0.3) is 5.56 Å². The molecule has 3 heterocycles. The van der Waals surface area contributed by atoms with Gasteiger partial charge >= 0.3 is 18.2 Å². The zero-order valence-corrected chi connectivity index (χ0v) is 23.8. The maximum Gasteiger partial charge on any atom is 0.422 e. The number of hydrogen-bond donors (Lipinski definition) is 0. The molecule has 4 rings (SSSR count). The summed E-state index contributed by atoms with van der Waals surface area (Å²) in [7, 11) is 1.15. The highest BCUT2D eigenvalue weighted by Crippen LogP contribution is 2.24. The van der Waals surface area contributed by atoms with Gasteiger partial charge in [-0.3, -0.25) is 9.36 Å². The first-order valence-electron chi connectivity index (χ1n) is 13.1. The predicted molar refractivity (Wildman–Crippen MR) is 151 cm³/mol. The molecule has 0 aliphatic carbocycles. The number of esters is 1. The maximum atomic E-state index is 13.8. The molecule has 41 heavy (non-hydrogen) atoms. The lowest BCUT2D eigenvalue weighted by Gasteiger charge is -2.36. The second-order valence-corrected chi connectivity index (χ2v) is 10.3. The van der Waals surface area contributed by atoms with Crippen LogP contribution in [0.2, 0.25) is 0 Å². The number of methoxy groups -OCH3 is 1. The van der Waals surface area contributed by atoms with Crippen LogP contribution in [0.4, 0.5) is 15.5 Å². The third-order valence-electron chi connectivity index (χ3n) is 6.30. The first-order chi connectivity index (χ1) is 19.5. The minimum Gasteiger partial charge on any atom is -0.464 e. The molecule has 2 aromatic heterocycles. The van der Waals surface area contributed by atoms with Crippen LogP contribution in [0, 0.1) is 11.8 Å². The van der Waals surface area contributed by atoms with E-state index in [0.717, 1.165) is 7.11 Å². The number of piperazine rings is 1. The number of carbonyl (C=O) groups is 3. The lowest BCUT2D eigenvalue weighted by molar-refractivity contribution is 0.0239. The number of carbonyl (C=O) groups excluding carboxylic acids is 3. The van der Waals surface area contributed by atoms with E-state index in [1.807, 2.05) is 31.7 Å². The van der Waals surface area contributed by atoms with Crippen molar-refractivity contribution in [1.82, 2.24) is 19.0 Å². The summed E-state index contributed by atoms with van der Waals surface area (Å²) < 4.78 is 18.0. The summed E-state index contributed by atoms with van der Waals surface area (Å²) >= 11 is 0. The Hall–Kier alpha value is -4.79. The molecule has 0 spiro atoms. The Morgan fingerprint density at radius 3 is 2.32 bits per heavy atom. The van der Waals surface area contributed by atoms with E-state index >= 15 is 0 Å². The molecule has 0 atom stereocenters. The molecule has 1 aliphatic rings. The summed E-state index contributed by atoms with van der Waals surface area (Å²) in [6.07, 6.45) is -1.43. The van der Waals surface area contributed by atoms with E-state index in [-0.39, 0.29) is 29.9 Å². The molecule has 0 saturated carbocycles. The van der Waals surface area contributed by atoms with Crippen LogP contribution in [-0.2, 0) is 27.4 Å². The zero-order valence-electron chi connectivity index (χ0n) is 23.8. The summed E-state index contributed by atoms with van der Waals surface area (Å²) in [5.74, 6) is 5.30. The maximum absolute atomic E-state index is 13.8. The lowest BCUT2D eigenvalue weighted by Crippen LogP contribution is -2.50. The molecule has 216 valence electrons. The van der Waals surface area contributed by atoms with Crippen LogP contribution in [0.15, 0.2) is 41.2 Å². The molecule has 12 nitrogen and oxygen atoms in total. The number of nitrogens with zero attached hydrogens (tertiary/aromatic N) is 5. The quantitative estimate of drug-likeness (QED) is 0.261. The highest BCUT2D eigenvalue weighted by Gasteiger charge is 2.30. The predicted octanol–water partition coefficient (Wildman–Crippen LogP) is 3.25. The van der Waals surface area contributed by atoms with Crippen molar-refractivity contribution in [3.8, 4) is 11.8 Å². The number of amides is 1. The highest BCUT2D eigenvalue weighted by atomic mass is 16.6. The van der Waals surface area contributed by atoms with E-state index in [2.05, 4.69) is 16.8 Å². The monoisotopic (exact) mass is 563 g/mol. The molecule has 1 saturated heterocycles. The molecule has 1 aromatic carbocycles. The van der Waals surface area contributed by atoms with Gasteiger partial charge in [0.05, 0.1) is 19.2 Å². The van der Waals surface area contributed by atoms with Crippen LogP contribution >= 0.6 is 0 Å². The Morgan fingerprint density at radius 1 is 1.02 bits per heavy atom. The summed E-state index contributed by atoms with van der Waals surface area (Å²) in [5, 5.41) is 0. The van der Waals surface area contributed by atoms with Gasteiger partial charge in [-0.1, -0.05) is 36.3 Å². The van der Waals surface area contributed by atoms with Crippen LogP contribution in [0.1, 0.15) is 43.7 Å². The van der Waals surface area contributed by atoms with E-state index in [0.29, 0.717) is 42.3 Å². The van der Waals surface area contributed by atoms with Gasteiger partial charge in [-0.25, -0.2) is 23.9 Å². The number of hydrogen-bond acceptors (Lipinski definition) is 9. The number of benzene rings is 1. The Kier molecular flexibility index (Phi) is 8.66. The third-order valence-corrected chi connectivity index (χ3v) is 6.30. The molecule has 1 aliphatic heterocycles. The normalized spacial score (nSPS) is 13.4. The van der Waals surface area contributed by atoms with Crippen molar-refractivity contribution >= 4 is 35.1 Å². The van der Waals surface area contributed by atoms with Gasteiger partial charge in [0.2, 0.25) is 5.95 Å². The average molecular weight is 564 g/mol. The largest absolute Gasteiger partial charge is 0.464 e. The number of aromatic nitrogens is 3. The third kappa shape index (κ3) is 6.51. The van der Waals surface area contributed by atoms with Crippen molar-refractivity contribution in [2.75, 3.05) is 38.2 Å². The number of ether oxygens (including phenoxy) is 3. The van der Waals surface area contributed by atoms with E-state index in [4.69, 9.17) is 14.2 Å². The highest BCUT2D eigenvalue weighted by molar-refractivity contribution is 5.96.